The minimum atomic E-state index is -0.582. The predicted molar refractivity (Wildman–Crippen MR) is 139 cm³/mol. The molecule has 0 radical (unpaired) electrons. The highest BCUT2D eigenvalue weighted by molar-refractivity contribution is 7.11. The summed E-state index contributed by atoms with van der Waals surface area (Å²) in [6, 6.07) is 19.8. The Balaban J connectivity index is 1.53. The van der Waals surface area contributed by atoms with Gasteiger partial charge >= 0.3 is 0 Å². The predicted octanol–water partition coefficient (Wildman–Crippen LogP) is 4.20. The van der Waals surface area contributed by atoms with E-state index in [2.05, 4.69) is 4.90 Å². The van der Waals surface area contributed by atoms with E-state index in [0.717, 1.165) is 23.5 Å². The molecule has 36 heavy (non-hydrogen) atoms. The highest BCUT2D eigenvalue weighted by atomic mass is 32.1. The molecule has 0 atom stereocenters. The third kappa shape index (κ3) is 7.22. The number of nitrogens with zero attached hydrogens (tertiary/aromatic N) is 3. The van der Waals surface area contributed by atoms with E-state index >= 15 is 0 Å². The van der Waals surface area contributed by atoms with Crippen LogP contribution in [0.4, 0.5) is 4.39 Å². The Bertz CT molecular complexity index is 1150. The van der Waals surface area contributed by atoms with Gasteiger partial charge in [0.2, 0.25) is 5.91 Å². The second-order valence-corrected chi connectivity index (χ2v) is 10.3. The first-order valence-electron chi connectivity index (χ1n) is 12.2. The molecule has 6 nitrogen and oxygen atoms in total. The Morgan fingerprint density at radius 2 is 1.67 bits per heavy atom. The molecule has 0 spiro atoms. The molecule has 3 aromatic rings. The standard InChI is InChI=1S/C28H32FN3O3S/c1-22-11-12-24(36-22)20-32(19-23-7-3-2-4-8-23)27(33)21-31(14-13-30-15-17-35-18-16-30)28(34)25-9-5-6-10-26(25)29/h2-12H,13-21H2,1H3. The van der Waals surface area contributed by atoms with Crippen LogP contribution in [-0.4, -0.2) is 72.5 Å². The fourth-order valence-corrected chi connectivity index (χ4v) is 5.11. The molecule has 2 aromatic carbocycles. The van der Waals surface area contributed by atoms with Gasteiger partial charge in [0, 0.05) is 42.5 Å². The van der Waals surface area contributed by atoms with Gasteiger partial charge in [0.1, 0.15) is 12.4 Å². The summed E-state index contributed by atoms with van der Waals surface area (Å²) in [5, 5.41) is 0. The Morgan fingerprint density at radius 1 is 0.944 bits per heavy atom. The molecule has 1 aromatic heterocycles. The molecule has 0 N–H and O–H groups in total. The normalized spacial score (nSPS) is 13.9. The van der Waals surface area contributed by atoms with Crippen molar-refractivity contribution in [1.82, 2.24) is 14.7 Å². The summed E-state index contributed by atoms with van der Waals surface area (Å²) in [5.41, 5.74) is 0.996. The van der Waals surface area contributed by atoms with Crippen molar-refractivity contribution in [3.05, 3.63) is 93.4 Å². The van der Waals surface area contributed by atoms with Crippen LogP contribution in [0.15, 0.2) is 66.7 Å². The molecule has 0 aliphatic carbocycles. The van der Waals surface area contributed by atoms with E-state index in [9.17, 15) is 14.0 Å². The average Bonchev–Trinajstić information content (AvgIpc) is 3.31. The lowest BCUT2D eigenvalue weighted by atomic mass is 10.1. The maximum atomic E-state index is 14.5. The molecule has 1 fully saturated rings. The Hall–Kier alpha value is -3.07. The minimum Gasteiger partial charge on any atom is -0.379 e. The zero-order valence-corrected chi connectivity index (χ0v) is 21.4. The van der Waals surface area contributed by atoms with Crippen LogP contribution in [-0.2, 0) is 22.6 Å². The Kier molecular flexibility index (Phi) is 9.22. The molecule has 8 heteroatoms. The zero-order valence-electron chi connectivity index (χ0n) is 20.6. The fourth-order valence-electron chi connectivity index (χ4n) is 4.20. The van der Waals surface area contributed by atoms with E-state index in [1.165, 1.54) is 21.9 Å². The number of amides is 2. The first-order chi connectivity index (χ1) is 17.5. The number of thiophene rings is 1. The molecule has 4 rings (SSSR count). The lowest BCUT2D eigenvalue weighted by molar-refractivity contribution is -0.133. The molecule has 2 heterocycles. The van der Waals surface area contributed by atoms with Crippen LogP contribution in [0.5, 0.6) is 0 Å². The van der Waals surface area contributed by atoms with Gasteiger partial charge in [-0.3, -0.25) is 14.5 Å². The van der Waals surface area contributed by atoms with Crippen molar-refractivity contribution in [1.29, 1.82) is 0 Å². The van der Waals surface area contributed by atoms with Crippen LogP contribution in [0.3, 0.4) is 0 Å². The second kappa shape index (κ2) is 12.8. The maximum absolute atomic E-state index is 14.5. The molecule has 0 saturated carbocycles. The van der Waals surface area contributed by atoms with Crippen molar-refractivity contribution in [3.63, 3.8) is 0 Å². The summed E-state index contributed by atoms with van der Waals surface area (Å²) in [6.45, 7) is 6.57. The van der Waals surface area contributed by atoms with Crippen LogP contribution >= 0.6 is 11.3 Å². The topological polar surface area (TPSA) is 53.1 Å². The smallest absolute Gasteiger partial charge is 0.257 e. The molecule has 1 aliphatic rings. The van der Waals surface area contributed by atoms with Crippen molar-refractivity contribution < 1.29 is 18.7 Å². The van der Waals surface area contributed by atoms with Crippen LogP contribution in [0, 0.1) is 12.7 Å². The van der Waals surface area contributed by atoms with Gasteiger partial charge in [-0.1, -0.05) is 42.5 Å². The van der Waals surface area contributed by atoms with Crippen molar-refractivity contribution in [2.24, 2.45) is 0 Å². The van der Waals surface area contributed by atoms with Gasteiger partial charge in [-0.15, -0.1) is 11.3 Å². The van der Waals surface area contributed by atoms with E-state index in [-0.39, 0.29) is 18.0 Å². The lowest BCUT2D eigenvalue weighted by Gasteiger charge is -2.31. The molecular weight excluding hydrogens is 477 g/mol. The van der Waals surface area contributed by atoms with Crippen LogP contribution < -0.4 is 0 Å². The highest BCUT2D eigenvalue weighted by Gasteiger charge is 2.25. The van der Waals surface area contributed by atoms with E-state index in [4.69, 9.17) is 4.74 Å². The summed E-state index contributed by atoms with van der Waals surface area (Å²) in [5.74, 6) is -1.22. The lowest BCUT2D eigenvalue weighted by Crippen LogP contribution is -2.47. The number of rotatable bonds is 10. The monoisotopic (exact) mass is 509 g/mol. The van der Waals surface area contributed by atoms with Gasteiger partial charge in [0.25, 0.3) is 5.91 Å². The summed E-state index contributed by atoms with van der Waals surface area (Å²) in [7, 11) is 0. The summed E-state index contributed by atoms with van der Waals surface area (Å²) >= 11 is 1.65. The quantitative estimate of drug-likeness (QED) is 0.411. The van der Waals surface area contributed by atoms with Crippen molar-refractivity contribution >= 4 is 23.2 Å². The van der Waals surface area contributed by atoms with Crippen LogP contribution in [0.1, 0.15) is 25.7 Å². The van der Waals surface area contributed by atoms with Crippen molar-refractivity contribution in [3.8, 4) is 0 Å². The zero-order chi connectivity index (χ0) is 25.3. The van der Waals surface area contributed by atoms with Gasteiger partial charge in [0.05, 0.1) is 25.3 Å². The van der Waals surface area contributed by atoms with Crippen LogP contribution in [0.25, 0.3) is 0 Å². The number of hydrogen-bond acceptors (Lipinski definition) is 5. The fraction of sp³-hybridized carbons (Fsp3) is 0.357. The van der Waals surface area contributed by atoms with E-state index in [0.29, 0.717) is 39.4 Å². The number of benzene rings is 2. The van der Waals surface area contributed by atoms with Crippen molar-refractivity contribution in [2.75, 3.05) is 45.9 Å². The summed E-state index contributed by atoms with van der Waals surface area (Å²) < 4.78 is 19.9. The average molecular weight is 510 g/mol. The number of carbonyl (C=O) groups excluding carboxylic acids is 2. The van der Waals surface area contributed by atoms with Gasteiger partial charge in [-0.25, -0.2) is 4.39 Å². The molecule has 2 amide bonds. The summed E-state index contributed by atoms with van der Waals surface area (Å²) in [6.07, 6.45) is 0. The first kappa shape index (κ1) is 26.0. The largest absolute Gasteiger partial charge is 0.379 e. The third-order valence-electron chi connectivity index (χ3n) is 6.22. The SMILES string of the molecule is Cc1ccc(CN(Cc2ccccc2)C(=O)CN(CCN2CCOCC2)C(=O)c2ccccc2F)s1. The maximum Gasteiger partial charge on any atom is 0.257 e. The van der Waals surface area contributed by atoms with Gasteiger partial charge in [-0.2, -0.15) is 0 Å². The molecular formula is C28H32FN3O3S. The van der Waals surface area contributed by atoms with E-state index in [1.807, 2.05) is 49.4 Å². The van der Waals surface area contributed by atoms with Gasteiger partial charge in [-0.05, 0) is 36.8 Å². The number of aryl methyl sites for hydroxylation is 1. The molecule has 190 valence electrons. The second-order valence-electron chi connectivity index (χ2n) is 8.91. The molecule has 0 unspecified atom stereocenters. The third-order valence-corrected chi connectivity index (χ3v) is 7.20. The van der Waals surface area contributed by atoms with Crippen molar-refractivity contribution in [2.45, 2.75) is 20.0 Å². The Morgan fingerprint density at radius 3 is 2.36 bits per heavy atom. The Labute approximate surface area is 215 Å². The molecule has 0 bridgehead atoms. The highest BCUT2D eigenvalue weighted by Crippen LogP contribution is 2.19. The number of halogens is 1. The van der Waals surface area contributed by atoms with E-state index in [1.54, 1.807) is 28.4 Å². The van der Waals surface area contributed by atoms with E-state index < -0.39 is 11.7 Å². The molecule has 1 aliphatic heterocycles. The number of carbonyl (C=O) groups is 2. The number of ether oxygens (including phenoxy) is 1. The molecule has 1 saturated heterocycles. The van der Waals surface area contributed by atoms with Crippen LogP contribution in [0.2, 0.25) is 0 Å². The van der Waals surface area contributed by atoms with Gasteiger partial charge < -0.3 is 14.5 Å². The number of morpholine rings is 1. The first-order valence-corrected chi connectivity index (χ1v) is 13.0. The van der Waals surface area contributed by atoms with Gasteiger partial charge in [0.15, 0.2) is 0 Å². The number of hydrogen-bond donors (Lipinski definition) is 0. The summed E-state index contributed by atoms with van der Waals surface area (Å²) in [4.78, 5) is 34.8. The minimum absolute atomic E-state index is 0.0178.